The van der Waals surface area contributed by atoms with Gasteiger partial charge in [-0.25, -0.2) is 0 Å². The highest BCUT2D eigenvalue weighted by Crippen LogP contribution is 2.14. The number of esters is 3. The van der Waals surface area contributed by atoms with Gasteiger partial charge in [0.15, 0.2) is 0 Å². The second kappa shape index (κ2) is 27.2. The fourth-order valence-corrected chi connectivity index (χ4v) is 4.05. The molecule has 0 saturated carbocycles. The Morgan fingerprint density at radius 2 is 0.712 bits per heavy atom. The van der Waals surface area contributed by atoms with Gasteiger partial charge < -0.3 is 58.4 Å². The highest BCUT2D eigenvalue weighted by atomic mass is 16.6. The lowest BCUT2D eigenvalue weighted by atomic mass is 10.0. The minimum atomic E-state index is -1.26. The molecule has 0 aromatic heterocycles. The van der Waals surface area contributed by atoms with E-state index < -0.39 is 40.2 Å². The number of nitrogens with two attached hydrogens (primary N) is 1. The van der Waals surface area contributed by atoms with Gasteiger partial charge in [0.05, 0.1) is 112 Å². The van der Waals surface area contributed by atoms with E-state index in [1.165, 1.54) is 0 Å². The van der Waals surface area contributed by atoms with Gasteiger partial charge in [-0.2, -0.15) is 0 Å². The first-order valence-corrected chi connectivity index (χ1v) is 18.0. The highest BCUT2D eigenvalue weighted by Gasteiger charge is 2.34. The lowest BCUT2D eigenvalue weighted by molar-refractivity contribution is -0.157. The summed E-state index contributed by atoms with van der Waals surface area (Å²) in [5.74, 6) is -1.70. The van der Waals surface area contributed by atoms with Crippen molar-refractivity contribution in [3.63, 3.8) is 0 Å². The van der Waals surface area contributed by atoms with E-state index in [4.69, 9.17) is 53.1 Å². The second-order valence-electron chi connectivity index (χ2n) is 15.0. The molecule has 52 heavy (non-hydrogen) atoms. The molecule has 0 heterocycles. The molecule has 0 aliphatic carbocycles. The summed E-state index contributed by atoms with van der Waals surface area (Å²) in [5, 5.41) is 2.95. The van der Waals surface area contributed by atoms with Crippen LogP contribution in [0.2, 0.25) is 0 Å². The van der Waals surface area contributed by atoms with Gasteiger partial charge >= 0.3 is 17.9 Å². The molecule has 306 valence electrons. The summed E-state index contributed by atoms with van der Waals surface area (Å²) < 4.78 is 55.4. The topological polar surface area (TPSA) is 199 Å². The van der Waals surface area contributed by atoms with Crippen molar-refractivity contribution < 1.29 is 66.5 Å². The number of hydrogen-bond acceptors (Lipinski definition) is 15. The molecule has 0 aromatic carbocycles. The molecule has 0 atom stereocenters. The van der Waals surface area contributed by atoms with Gasteiger partial charge in [-0.3, -0.25) is 19.2 Å². The zero-order valence-electron chi connectivity index (χ0n) is 33.2. The van der Waals surface area contributed by atoms with E-state index in [0.29, 0.717) is 46.2 Å². The molecule has 3 N–H and O–H groups in total. The van der Waals surface area contributed by atoms with Crippen LogP contribution in [0, 0.1) is 0 Å². The van der Waals surface area contributed by atoms with Crippen molar-refractivity contribution >= 4 is 23.8 Å². The van der Waals surface area contributed by atoms with Crippen LogP contribution in [-0.4, -0.2) is 145 Å². The van der Waals surface area contributed by atoms with Crippen LogP contribution in [0.25, 0.3) is 0 Å². The lowest BCUT2D eigenvalue weighted by Gasteiger charge is -2.34. The second-order valence-corrected chi connectivity index (χ2v) is 15.0. The Balaban J connectivity index is 5.33. The first-order valence-electron chi connectivity index (χ1n) is 18.0. The fourth-order valence-electron chi connectivity index (χ4n) is 4.05. The van der Waals surface area contributed by atoms with E-state index in [1.54, 1.807) is 62.3 Å². The molecule has 0 unspecified atom stereocenters. The summed E-state index contributed by atoms with van der Waals surface area (Å²) in [7, 11) is 0. The predicted octanol–water partition coefficient (Wildman–Crippen LogP) is 2.50. The number of hydrogen-bond donors (Lipinski definition) is 2. The summed E-state index contributed by atoms with van der Waals surface area (Å²) in [5.41, 5.74) is 2.15. The lowest BCUT2D eigenvalue weighted by Crippen LogP contribution is -2.59. The molecule has 0 saturated heterocycles. The molecule has 0 fully saturated rings. The van der Waals surface area contributed by atoms with Gasteiger partial charge in [0, 0.05) is 13.0 Å². The van der Waals surface area contributed by atoms with Crippen molar-refractivity contribution in [1.82, 2.24) is 5.32 Å². The van der Waals surface area contributed by atoms with E-state index in [9.17, 15) is 19.2 Å². The third-order valence-corrected chi connectivity index (χ3v) is 6.00. The molecule has 1 amide bonds. The molecule has 0 rings (SSSR count). The number of amides is 1. The average molecular weight is 753 g/mol. The Hall–Kier alpha value is -2.44. The maximum Gasteiger partial charge on any atom is 0.308 e. The van der Waals surface area contributed by atoms with Crippen LogP contribution in [0.15, 0.2) is 0 Å². The average Bonchev–Trinajstić information content (AvgIpc) is 2.99. The van der Waals surface area contributed by atoms with Crippen LogP contribution in [0.1, 0.15) is 88.0 Å². The Morgan fingerprint density at radius 3 is 1.02 bits per heavy atom. The van der Waals surface area contributed by atoms with Crippen molar-refractivity contribution in [3.05, 3.63) is 0 Å². The van der Waals surface area contributed by atoms with Crippen LogP contribution in [-0.2, 0) is 66.5 Å². The van der Waals surface area contributed by atoms with Crippen LogP contribution in [0.5, 0.6) is 0 Å². The van der Waals surface area contributed by atoms with E-state index in [-0.39, 0.29) is 84.4 Å². The molecule has 0 aliphatic rings. The minimum Gasteiger partial charge on any atom is -0.460 e. The minimum absolute atomic E-state index is 0.00138. The van der Waals surface area contributed by atoms with E-state index in [2.05, 4.69) is 5.32 Å². The molecule has 0 aromatic rings. The summed E-state index contributed by atoms with van der Waals surface area (Å²) in [6, 6.07) is 0. The first-order chi connectivity index (χ1) is 24.3. The van der Waals surface area contributed by atoms with Gasteiger partial charge in [0.2, 0.25) is 5.91 Å². The van der Waals surface area contributed by atoms with Gasteiger partial charge in [0.1, 0.15) is 22.3 Å². The number of rotatable bonds is 30. The molecular formula is C36H68N2O14. The Labute approximate surface area is 310 Å². The van der Waals surface area contributed by atoms with E-state index >= 15 is 0 Å². The number of nitrogens with one attached hydrogen (secondary N) is 1. The molecule has 0 aliphatic heterocycles. The van der Waals surface area contributed by atoms with Gasteiger partial charge in [-0.05, 0) is 62.3 Å². The zero-order valence-corrected chi connectivity index (χ0v) is 33.2. The SMILES string of the molecule is CC(C)(C)OC(=O)CCOCC(COCCC(=O)OC(C)(C)C)(COCCC(=O)OC(C)(C)C)NC(=O)CCOCCOCCOCCOCCN. The van der Waals surface area contributed by atoms with Crippen molar-refractivity contribution in [2.75, 3.05) is 99.0 Å². The molecule has 0 bridgehead atoms. The first kappa shape index (κ1) is 49.6. The standard InChI is InChI=1S/C36H68N2O14/c1-33(2,3)50-30(40)11-16-47-26-36(27-48-17-12-31(41)51-34(4,5)6,28-49-18-13-32(42)52-35(7,8)9)38-29(39)10-15-43-20-22-45-24-25-46-23-21-44-19-14-37/h10-28,37H2,1-9H3,(H,38,39). The summed E-state index contributed by atoms with van der Waals surface area (Å²) >= 11 is 0. The normalized spacial score (nSPS) is 12.4. The van der Waals surface area contributed by atoms with E-state index in [0.717, 1.165) is 0 Å². The van der Waals surface area contributed by atoms with Gasteiger partial charge in [-0.1, -0.05) is 0 Å². The predicted molar refractivity (Wildman–Crippen MR) is 192 cm³/mol. The largest absolute Gasteiger partial charge is 0.460 e. The highest BCUT2D eigenvalue weighted by molar-refractivity contribution is 5.77. The summed E-state index contributed by atoms with van der Waals surface area (Å²) in [6.45, 7) is 19.0. The van der Waals surface area contributed by atoms with Crippen molar-refractivity contribution in [2.24, 2.45) is 5.73 Å². The zero-order chi connectivity index (χ0) is 39.5. The molecule has 0 radical (unpaired) electrons. The smallest absolute Gasteiger partial charge is 0.308 e. The van der Waals surface area contributed by atoms with Crippen LogP contribution in [0.4, 0.5) is 0 Å². The van der Waals surface area contributed by atoms with Crippen LogP contribution in [0.3, 0.4) is 0 Å². The maximum absolute atomic E-state index is 13.2. The Morgan fingerprint density at radius 1 is 0.423 bits per heavy atom. The van der Waals surface area contributed by atoms with E-state index in [1.807, 2.05) is 0 Å². The van der Waals surface area contributed by atoms with Crippen LogP contribution < -0.4 is 11.1 Å². The number of carbonyl (C=O) groups is 4. The van der Waals surface area contributed by atoms with Crippen molar-refractivity contribution in [1.29, 1.82) is 0 Å². The molecular weight excluding hydrogens is 684 g/mol. The van der Waals surface area contributed by atoms with Gasteiger partial charge in [0.25, 0.3) is 0 Å². The molecule has 16 nitrogen and oxygen atoms in total. The Bertz CT molecular complexity index is 901. The molecule has 16 heteroatoms. The van der Waals surface area contributed by atoms with Gasteiger partial charge in [-0.15, -0.1) is 0 Å². The number of carbonyl (C=O) groups excluding carboxylic acids is 4. The molecule has 0 spiro atoms. The van der Waals surface area contributed by atoms with Crippen molar-refractivity contribution in [3.8, 4) is 0 Å². The van der Waals surface area contributed by atoms with Crippen molar-refractivity contribution in [2.45, 2.75) is 110 Å². The monoisotopic (exact) mass is 752 g/mol. The van der Waals surface area contributed by atoms with Crippen LogP contribution >= 0.6 is 0 Å². The summed E-state index contributed by atoms with van der Waals surface area (Å²) in [6.07, 6.45) is -0.0655. The fraction of sp³-hybridized carbons (Fsp3) is 0.889. The third-order valence-electron chi connectivity index (χ3n) is 6.00. The summed E-state index contributed by atoms with van der Waals surface area (Å²) in [4.78, 5) is 50.0. The maximum atomic E-state index is 13.2. The third kappa shape index (κ3) is 32.2. The number of ether oxygens (including phenoxy) is 10. The Kier molecular flexibility index (Phi) is 25.9. The quantitative estimate of drug-likeness (QED) is 0.0616.